The van der Waals surface area contributed by atoms with Crippen molar-refractivity contribution in [1.29, 1.82) is 0 Å². The molecule has 3 heterocycles. The van der Waals surface area contributed by atoms with Crippen LogP contribution in [0.5, 0.6) is 0 Å². The predicted octanol–water partition coefficient (Wildman–Crippen LogP) is 2.66. The molecule has 2 unspecified atom stereocenters. The van der Waals surface area contributed by atoms with Crippen LogP contribution >= 0.6 is 11.3 Å². The second-order valence-electron chi connectivity index (χ2n) is 5.15. The first-order valence-electron chi connectivity index (χ1n) is 6.30. The van der Waals surface area contributed by atoms with Gasteiger partial charge in [0.1, 0.15) is 4.83 Å². The van der Waals surface area contributed by atoms with E-state index in [-0.39, 0.29) is 0 Å². The second kappa shape index (κ2) is 4.10. The van der Waals surface area contributed by atoms with Gasteiger partial charge in [0.25, 0.3) is 0 Å². The number of nitrogens with one attached hydrogen (secondary N) is 1. The quantitative estimate of drug-likeness (QED) is 0.842. The Kier molecular flexibility index (Phi) is 2.71. The van der Waals surface area contributed by atoms with E-state index in [4.69, 9.17) is 0 Å². The van der Waals surface area contributed by atoms with Gasteiger partial charge in [-0.25, -0.2) is 0 Å². The Balaban J connectivity index is 2.02. The summed E-state index contributed by atoms with van der Waals surface area (Å²) in [5, 5.41) is 9.29. The first kappa shape index (κ1) is 11.2. The Bertz CT molecular complexity index is 506. The molecule has 4 heteroatoms. The fourth-order valence-corrected chi connectivity index (χ4v) is 4.23. The highest BCUT2D eigenvalue weighted by Crippen LogP contribution is 2.38. The molecule has 0 aromatic carbocycles. The van der Waals surface area contributed by atoms with Gasteiger partial charge in [-0.3, -0.25) is 4.68 Å². The largest absolute Gasteiger partial charge is 0.316 e. The third kappa shape index (κ3) is 1.79. The van der Waals surface area contributed by atoms with Gasteiger partial charge in [0, 0.05) is 17.3 Å². The Labute approximate surface area is 106 Å². The van der Waals surface area contributed by atoms with Crippen molar-refractivity contribution in [2.75, 3.05) is 13.1 Å². The van der Waals surface area contributed by atoms with Crippen molar-refractivity contribution in [3.05, 3.63) is 16.6 Å². The molecule has 0 saturated carbocycles. The topological polar surface area (TPSA) is 29.9 Å². The summed E-state index contributed by atoms with van der Waals surface area (Å²) in [4.78, 5) is 2.87. The van der Waals surface area contributed by atoms with Crippen molar-refractivity contribution in [2.45, 2.75) is 26.2 Å². The van der Waals surface area contributed by atoms with Gasteiger partial charge in [-0.1, -0.05) is 6.92 Å². The molecule has 1 aliphatic rings. The van der Waals surface area contributed by atoms with Crippen molar-refractivity contribution in [1.82, 2.24) is 15.1 Å². The molecule has 17 heavy (non-hydrogen) atoms. The van der Waals surface area contributed by atoms with E-state index in [9.17, 15) is 0 Å². The van der Waals surface area contributed by atoms with E-state index in [1.807, 2.05) is 23.1 Å². The molecule has 0 bridgehead atoms. The fourth-order valence-electron chi connectivity index (χ4n) is 2.84. The van der Waals surface area contributed by atoms with Crippen LogP contribution in [-0.4, -0.2) is 22.9 Å². The number of fused-ring (bicyclic) bond motifs is 1. The molecule has 3 nitrogen and oxygen atoms in total. The molecule has 0 aliphatic carbocycles. The summed E-state index contributed by atoms with van der Waals surface area (Å²) < 4.78 is 2.02. The maximum absolute atomic E-state index is 4.47. The summed E-state index contributed by atoms with van der Waals surface area (Å²) in [5.41, 5.74) is 1.16. The van der Waals surface area contributed by atoms with Gasteiger partial charge in [0.15, 0.2) is 0 Å². The minimum Gasteiger partial charge on any atom is -0.316 e. The molecular formula is C13H19N3S. The van der Waals surface area contributed by atoms with Crippen LogP contribution in [0.3, 0.4) is 0 Å². The van der Waals surface area contributed by atoms with E-state index in [0.29, 0.717) is 0 Å². The molecule has 2 aromatic heterocycles. The van der Waals surface area contributed by atoms with Crippen molar-refractivity contribution >= 4 is 21.6 Å². The molecule has 1 aliphatic heterocycles. The Morgan fingerprint density at radius 2 is 2.35 bits per heavy atom. The van der Waals surface area contributed by atoms with Crippen LogP contribution in [0.25, 0.3) is 10.2 Å². The molecule has 0 radical (unpaired) electrons. The van der Waals surface area contributed by atoms with Gasteiger partial charge in [-0.05, 0) is 44.3 Å². The second-order valence-corrected chi connectivity index (χ2v) is 6.22. The van der Waals surface area contributed by atoms with Crippen LogP contribution in [0.1, 0.15) is 29.8 Å². The highest BCUT2D eigenvalue weighted by molar-refractivity contribution is 7.18. The Morgan fingerprint density at radius 1 is 1.53 bits per heavy atom. The maximum atomic E-state index is 4.47. The highest BCUT2D eigenvalue weighted by Gasteiger charge is 2.25. The molecular weight excluding hydrogens is 230 g/mol. The van der Waals surface area contributed by atoms with Crippen molar-refractivity contribution < 1.29 is 0 Å². The molecule has 3 rings (SSSR count). The normalized spacial score (nSPS) is 25.6. The Hall–Kier alpha value is -0.870. The van der Waals surface area contributed by atoms with Crippen molar-refractivity contribution in [3.63, 3.8) is 0 Å². The smallest absolute Gasteiger partial charge is 0.121 e. The van der Waals surface area contributed by atoms with Crippen molar-refractivity contribution in [2.24, 2.45) is 13.0 Å². The zero-order chi connectivity index (χ0) is 12.0. The van der Waals surface area contributed by atoms with Gasteiger partial charge in [-0.15, -0.1) is 11.3 Å². The lowest BCUT2D eigenvalue weighted by Gasteiger charge is -2.28. The molecule has 0 amide bonds. The SMILES string of the molecule is Cc1nn(C)c2sc(C3CCNCC3C)cc12. The lowest BCUT2D eigenvalue weighted by atomic mass is 9.86. The van der Waals surface area contributed by atoms with Gasteiger partial charge in [-0.2, -0.15) is 5.10 Å². The molecule has 2 atom stereocenters. The maximum Gasteiger partial charge on any atom is 0.121 e. The zero-order valence-electron chi connectivity index (χ0n) is 10.7. The van der Waals surface area contributed by atoms with E-state index in [1.165, 1.54) is 16.6 Å². The van der Waals surface area contributed by atoms with Crippen LogP contribution in [0, 0.1) is 12.8 Å². The standard InChI is InChI=1S/C13H19N3S/c1-8-7-14-5-4-10(8)12-6-11-9(2)15-16(3)13(11)17-12/h6,8,10,14H,4-5,7H2,1-3H3. The summed E-state index contributed by atoms with van der Waals surface area (Å²) in [6.07, 6.45) is 1.26. The minimum atomic E-state index is 0.730. The zero-order valence-corrected chi connectivity index (χ0v) is 11.5. The first-order chi connectivity index (χ1) is 8.16. The van der Waals surface area contributed by atoms with Gasteiger partial charge < -0.3 is 5.32 Å². The lowest BCUT2D eigenvalue weighted by Crippen LogP contribution is -2.33. The van der Waals surface area contributed by atoms with Crippen LogP contribution in [0.15, 0.2) is 6.07 Å². The fraction of sp³-hybridized carbons (Fsp3) is 0.615. The number of aromatic nitrogens is 2. The van der Waals surface area contributed by atoms with E-state index < -0.39 is 0 Å². The average Bonchev–Trinajstić information content (AvgIpc) is 2.83. The van der Waals surface area contributed by atoms with Gasteiger partial charge in [0.05, 0.1) is 5.69 Å². The number of nitrogens with zero attached hydrogens (tertiary/aromatic N) is 2. The van der Waals surface area contributed by atoms with E-state index in [1.54, 1.807) is 4.88 Å². The number of hydrogen-bond donors (Lipinski definition) is 1. The van der Waals surface area contributed by atoms with Crippen LogP contribution < -0.4 is 5.32 Å². The van der Waals surface area contributed by atoms with E-state index in [2.05, 4.69) is 30.3 Å². The van der Waals surface area contributed by atoms with Gasteiger partial charge in [0.2, 0.25) is 0 Å². The first-order valence-corrected chi connectivity index (χ1v) is 7.12. The molecule has 1 saturated heterocycles. The lowest BCUT2D eigenvalue weighted by molar-refractivity contribution is 0.353. The molecule has 92 valence electrons. The molecule has 2 aromatic rings. The summed E-state index contributed by atoms with van der Waals surface area (Å²) in [7, 11) is 2.04. The number of piperidine rings is 1. The molecule has 0 spiro atoms. The number of hydrogen-bond acceptors (Lipinski definition) is 3. The Morgan fingerprint density at radius 3 is 3.06 bits per heavy atom. The molecule has 1 fully saturated rings. The average molecular weight is 249 g/mol. The number of thiophene rings is 1. The summed E-state index contributed by atoms with van der Waals surface area (Å²) in [6.45, 7) is 6.76. The van der Waals surface area contributed by atoms with Crippen LogP contribution in [0.4, 0.5) is 0 Å². The van der Waals surface area contributed by atoms with Crippen LogP contribution in [0.2, 0.25) is 0 Å². The predicted molar refractivity (Wildman–Crippen MR) is 72.7 cm³/mol. The van der Waals surface area contributed by atoms with Gasteiger partial charge >= 0.3 is 0 Å². The molecule has 1 N–H and O–H groups in total. The van der Waals surface area contributed by atoms with Crippen LogP contribution in [-0.2, 0) is 7.05 Å². The minimum absolute atomic E-state index is 0.730. The number of rotatable bonds is 1. The monoisotopic (exact) mass is 249 g/mol. The van der Waals surface area contributed by atoms with E-state index >= 15 is 0 Å². The third-order valence-electron chi connectivity index (χ3n) is 3.87. The number of aryl methyl sites for hydroxylation is 2. The highest BCUT2D eigenvalue weighted by atomic mass is 32.1. The van der Waals surface area contributed by atoms with Crippen molar-refractivity contribution in [3.8, 4) is 0 Å². The summed E-state index contributed by atoms with van der Waals surface area (Å²) in [5.74, 6) is 1.47. The summed E-state index contributed by atoms with van der Waals surface area (Å²) in [6, 6.07) is 2.37. The van der Waals surface area contributed by atoms with E-state index in [0.717, 1.165) is 30.6 Å². The summed E-state index contributed by atoms with van der Waals surface area (Å²) >= 11 is 1.93. The third-order valence-corrected chi connectivity index (χ3v) is 5.20.